The molecule has 0 saturated heterocycles. The molecule has 3 rings (SSSR count). The van der Waals surface area contributed by atoms with Gasteiger partial charge in [-0.1, -0.05) is 17.3 Å². The minimum Gasteiger partial charge on any atom is -0.493 e. The second-order valence-corrected chi connectivity index (χ2v) is 9.59. The molecular weight excluding hydrogens is 444 g/mol. The lowest BCUT2D eigenvalue weighted by atomic mass is 10.1. The van der Waals surface area contributed by atoms with E-state index >= 15 is 0 Å². The van der Waals surface area contributed by atoms with Gasteiger partial charge in [-0.3, -0.25) is 4.79 Å². The van der Waals surface area contributed by atoms with Gasteiger partial charge in [0.2, 0.25) is 5.91 Å². The highest BCUT2D eigenvalue weighted by Crippen LogP contribution is 2.30. The lowest BCUT2D eigenvalue weighted by molar-refractivity contribution is -0.111. The Balaban J connectivity index is 1.70. The monoisotopic (exact) mass is 470 g/mol. The molecule has 0 aliphatic carbocycles. The molecule has 0 fully saturated rings. The lowest BCUT2D eigenvalue weighted by Gasteiger charge is -2.11. The zero-order chi connectivity index (χ0) is 24.2. The number of aryl methyl sites for hydroxylation is 3. The van der Waals surface area contributed by atoms with Crippen LogP contribution in [0.2, 0.25) is 0 Å². The molecule has 1 aromatic heterocycles. The van der Waals surface area contributed by atoms with Crippen molar-refractivity contribution in [2.75, 3.05) is 18.7 Å². The summed E-state index contributed by atoms with van der Waals surface area (Å²) in [7, 11) is -1.84. The quantitative estimate of drug-likeness (QED) is 0.491. The highest BCUT2D eigenvalue weighted by Gasteiger charge is 2.13. The molecule has 1 N–H and O–H groups in total. The van der Waals surface area contributed by atoms with Crippen LogP contribution in [-0.2, 0) is 21.2 Å². The van der Waals surface area contributed by atoms with Crippen molar-refractivity contribution in [3.05, 3.63) is 70.6 Å². The first kappa shape index (κ1) is 24.1. The molecule has 0 saturated carbocycles. The van der Waals surface area contributed by atoms with Crippen molar-refractivity contribution >= 4 is 27.5 Å². The Morgan fingerprint density at radius 1 is 1.12 bits per heavy atom. The molecule has 174 valence electrons. The van der Waals surface area contributed by atoms with Gasteiger partial charge in [0.1, 0.15) is 12.4 Å². The minimum atomic E-state index is -3.37. The fourth-order valence-corrected chi connectivity index (χ4v) is 3.72. The molecule has 0 unspecified atom stereocenters. The molecule has 8 nitrogen and oxygen atoms in total. The number of nitrogens with one attached hydrogen (secondary N) is 1. The van der Waals surface area contributed by atoms with E-state index in [4.69, 9.17) is 14.0 Å². The van der Waals surface area contributed by atoms with Gasteiger partial charge in [0.05, 0.1) is 23.3 Å². The summed E-state index contributed by atoms with van der Waals surface area (Å²) in [4.78, 5) is 12.5. The molecule has 1 heterocycles. The summed E-state index contributed by atoms with van der Waals surface area (Å²) >= 11 is 0. The number of nitrogens with zero attached hydrogens (tertiary/aromatic N) is 1. The van der Waals surface area contributed by atoms with Gasteiger partial charge < -0.3 is 19.3 Å². The smallest absolute Gasteiger partial charge is 0.248 e. The highest BCUT2D eigenvalue weighted by molar-refractivity contribution is 7.90. The molecule has 1 amide bonds. The van der Waals surface area contributed by atoms with Crippen LogP contribution in [0.3, 0.4) is 0 Å². The zero-order valence-corrected chi connectivity index (χ0v) is 19.9. The third-order valence-corrected chi connectivity index (χ3v) is 6.17. The molecule has 0 aliphatic rings. The first-order chi connectivity index (χ1) is 15.6. The maximum Gasteiger partial charge on any atom is 0.248 e. The summed E-state index contributed by atoms with van der Waals surface area (Å²) in [5.74, 6) is 1.38. The van der Waals surface area contributed by atoms with E-state index in [1.807, 2.05) is 13.8 Å². The predicted molar refractivity (Wildman–Crippen MR) is 125 cm³/mol. The standard InChI is InChI=1S/C24H26N2O6S/c1-15-6-9-19(33(5,28)29)13-21(15)25-24(27)11-8-18-7-10-22(23(12-18)30-4)31-14-20-16(2)26-32-17(20)3/h6-13H,14H2,1-5H3,(H,25,27)/b11-8+. The van der Waals surface area contributed by atoms with E-state index in [-0.39, 0.29) is 10.8 Å². The van der Waals surface area contributed by atoms with Crippen LogP contribution in [0.1, 0.15) is 28.1 Å². The maximum atomic E-state index is 12.4. The van der Waals surface area contributed by atoms with Crippen molar-refractivity contribution in [2.24, 2.45) is 0 Å². The van der Waals surface area contributed by atoms with Crippen LogP contribution >= 0.6 is 0 Å². The Hall–Kier alpha value is -3.59. The number of carbonyl (C=O) groups is 1. The molecule has 0 atom stereocenters. The van der Waals surface area contributed by atoms with Crippen molar-refractivity contribution in [2.45, 2.75) is 32.3 Å². The molecule has 0 aliphatic heterocycles. The van der Waals surface area contributed by atoms with Gasteiger partial charge in [0, 0.05) is 18.0 Å². The third kappa shape index (κ3) is 6.01. The predicted octanol–water partition coefficient (Wildman–Crippen LogP) is 4.24. The second-order valence-electron chi connectivity index (χ2n) is 7.57. The van der Waals surface area contributed by atoms with Gasteiger partial charge >= 0.3 is 0 Å². The number of sulfone groups is 1. The first-order valence-corrected chi connectivity index (χ1v) is 12.0. The van der Waals surface area contributed by atoms with Crippen molar-refractivity contribution in [3.8, 4) is 11.5 Å². The number of rotatable bonds is 8. The van der Waals surface area contributed by atoms with E-state index in [2.05, 4.69) is 10.5 Å². The van der Waals surface area contributed by atoms with Crippen LogP contribution < -0.4 is 14.8 Å². The number of carbonyl (C=O) groups excluding carboxylic acids is 1. The Bertz CT molecular complexity index is 1290. The molecule has 9 heteroatoms. The lowest BCUT2D eigenvalue weighted by Crippen LogP contribution is -2.10. The number of hydrogen-bond acceptors (Lipinski definition) is 7. The first-order valence-electron chi connectivity index (χ1n) is 10.1. The second kappa shape index (κ2) is 9.91. The number of anilines is 1. The molecule has 2 aromatic carbocycles. The Kier molecular flexibility index (Phi) is 7.23. The molecule has 3 aromatic rings. The normalized spacial score (nSPS) is 11.5. The molecule has 0 spiro atoms. The van der Waals surface area contributed by atoms with Crippen LogP contribution in [0.15, 0.2) is 51.9 Å². The van der Waals surface area contributed by atoms with Crippen molar-refractivity contribution < 1.29 is 27.2 Å². The van der Waals surface area contributed by atoms with Gasteiger partial charge in [0.25, 0.3) is 0 Å². The number of methoxy groups -OCH3 is 1. The summed E-state index contributed by atoms with van der Waals surface area (Å²) in [6.45, 7) is 5.76. The van der Waals surface area contributed by atoms with Crippen molar-refractivity contribution in [1.82, 2.24) is 5.16 Å². The number of ether oxygens (including phenoxy) is 2. The van der Waals surface area contributed by atoms with Gasteiger partial charge in [-0.2, -0.15) is 0 Å². The molecule has 0 radical (unpaired) electrons. The Labute approximate surface area is 193 Å². The van der Waals surface area contributed by atoms with Gasteiger partial charge in [-0.25, -0.2) is 8.42 Å². The van der Waals surface area contributed by atoms with Crippen molar-refractivity contribution in [3.63, 3.8) is 0 Å². The third-order valence-electron chi connectivity index (χ3n) is 5.06. The van der Waals surface area contributed by atoms with Gasteiger partial charge in [0.15, 0.2) is 21.3 Å². The summed E-state index contributed by atoms with van der Waals surface area (Å²) in [5, 5.41) is 6.63. The van der Waals surface area contributed by atoms with Crippen LogP contribution in [0.4, 0.5) is 5.69 Å². The minimum absolute atomic E-state index is 0.143. The average Bonchev–Trinajstić information content (AvgIpc) is 3.09. The average molecular weight is 471 g/mol. The topological polar surface area (TPSA) is 108 Å². The van der Waals surface area contributed by atoms with E-state index in [0.717, 1.165) is 28.6 Å². The molecular formula is C24H26N2O6S. The fourth-order valence-electron chi connectivity index (χ4n) is 3.08. The maximum absolute atomic E-state index is 12.4. The Morgan fingerprint density at radius 3 is 2.52 bits per heavy atom. The Morgan fingerprint density at radius 2 is 1.88 bits per heavy atom. The van der Waals surface area contributed by atoms with Gasteiger partial charge in [-0.15, -0.1) is 0 Å². The van der Waals surface area contributed by atoms with E-state index in [1.54, 1.807) is 37.3 Å². The molecule has 33 heavy (non-hydrogen) atoms. The van der Waals surface area contributed by atoms with Gasteiger partial charge in [-0.05, 0) is 62.2 Å². The summed E-state index contributed by atoms with van der Waals surface area (Å²) in [6.07, 6.45) is 4.12. The van der Waals surface area contributed by atoms with E-state index < -0.39 is 9.84 Å². The summed E-state index contributed by atoms with van der Waals surface area (Å²) in [6, 6.07) is 9.92. The summed E-state index contributed by atoms with van der Waals surface area (Å²) in [5.41, 5.74) is 3.58. The van der Waals surface area contributed by atoms with Crippen LogP contribution in [-0.4, -0.2) is 32.8 Å². The van der Waals surface area contributed by atoms with Crippen LogP contribution in [0.25, 0.3) is 6.08 Å². The SMILES string of the molecule is COc1cc(/C=C/C(=O)Nc2cc(S(C)(=O)=O)ccc2C)ccc1OCc1c(C)noc1C. The van der Waals surface area contributed by atoms with Crippen molar-refractivity contribution in [1.29, 1.82) is 0 Å². The zero-order valence-electron chi connectivity index (χ0n) is 19.1. The van der Waals surface area contributed by atoms with E-state index in [1.165, 1.54) is 25.3 Å². The number of benzene rings is 2. The fraction of sp³-hybridized carbons (Fsp3) is 0.250. The van der Waals surface area contributed by atoms with E-state index in [9.17, 15) is 13.2 Å². The van der Waals surface area contributed by atoms with Crippen LogP contribution in [0, 0.1) is 20.8 Å². The summed E-state index contributed by atoms with van der Waals surface area (Å²) < 4.78 is 40.0. The number of aromatic nitrogens is 1. The van der Waals surface area contributed by atoms with Crippen LogP contribution in [0.5, 0.6) is 11.5 Å². The number of amides is 1. The molecule has 0 bridgehead atoms. The highest BCUT2D eigenvalue weighted by atomic mass is 32.2. The van der Waals surface area contributed by atoms with E-state index in [0.29, 0.717) is 29.6 Å². The number of hydrogen-bond donors (Lipinski definition) is 1. The largest absolute Gasteiger partial charge is 0.493 e.